The molecule has 1 N–H and O–H groups in total. The zero-order valence-electron chi connectivity index (χ0n) is 11.9. The number of carbonyl (C=O) groups is 2. The lowest BCUT2D eigenvalue weighted by atomic mass is 10.1. The standard InChI is InChI=1S/C15H20N2O3/c1-16-8-7-13(10-16)14(18)17(2)9-11-3-5-12(6-4-11)15(19)20/h3-6,13H,7-10H2,1-2H3,(H,19,20). The molecule has 1 unspecified atom stereocenters. The van der Waals surface area contributed by atoms with Crippen LogP contribution < -0.4 is 0 Å². The van der Waals surface area contributed by atoms with E-state index in [9.17, 15) is 9.59 Å². The first kappa shape index (κ1) is 14.5. The van der Waals surface area contributed by atoms with Gasteiger partial charge in [-0.3, -0.25) is 4.79 Å². The van der Waals surface area contributed by atoms with Crippen LogP contribution in [0.15, 0.2) is 24.3 Å². The van der Waals surface area contributed by atoms with E-state index in [4.69, 9.17) is 5.11 Å². The molecule has 1 saturated heterocycles. The zero-order chi connectivity index (χ0) is 14.7. The van der Waals surface area contributed by atoms with Crippen LogP contribution in [0, 0.1) is 5.92 Å². The highest BCUT2D eigenvalue weighted by Gasteiger charge is 2.28. The van der Waals surface area contributed by atoms with Crippen molar-refractivity contribution in [1.29, 1.82) is 0 Å². The molecule has 1 aromatic rings. The second-order valence-corrected chi connectivity index (χ2v) is 5.44. The molecule has 0 aromatic heterocycles. The molecule has 1 aromatic carbocycles. The first-order valence-electron chi connectivity index (χ1n) is 6.73. The average Bonchev–Trinajstić information content (AvgIpc) is 2.85. The van der Waals surface area contributed by atoms with E-state index >= 15 is 0 Å². The number of nitrogens with zero attached hydrogens (tertiary/aromatic N) is 2. The molecule has 1 amide bonds. The highest BCUT2D eigenvalue weighted by molar-refractivity contribution is 5.87. The zero-order valence-corrected chi connectivity index (χ0v) is 11.9. The fourth-order valence-corrected chi connectivity index (χ4v) is 2.55. The van der Waals surface area contributed by atoms with Crippen molar-refractivity contribution in [3.63, 3.8) is 0 Å². The number of hydrogen-bond donors (Lipinski definition) is 1. The van der Waals surface area contributed by atoms with E-state index in [1.165, 1.54) is 0 Å². The van der Waals surface area contributed by atoms with Gasteiger partial charge in [0, 0.05) is 20.1 Å². The number of carboxylic acids is 1. The molecule has 5 heteroatoms. The number of rotatable bonds is 4. The van der Waals surface area contributed by atoms with Crippen LogP contribution >= 0.6 is 0 Å². The number of benzene rings is 1. The number of carbonyl (C=O) groups excluding carboxylic acids is 1. The molecule has 20 heavy (non-hydrogen) atoms. The lowest BCUT2D eigenvalue weighted by molar-refractivity contribution is -0.134. The lowest BCUT2D eigenvalue weighted by Gasteiger charge is -2.21. The lowest BCUT2D eigenvalue weighted by Crippen LogP contribution is -2.33. The maximum atomic E-state index is 12.3. The number of hydrogen-bond acceptors (Lipinski definition) is 3. The topological polar surface area (TPSA) is 60.9 Å². The van der Waals surface area contributed by atoms with E-state index in [1.807, 2.05) is 7.05 Å². The minimum atomic E-state index is -0.935. The van der Waals surface area contributed by atoms with Gasteiger partial charge < -0.3 is 14.9 Å². The molecule has 0 radical (unpaired) electrons. The Labute approximate surface area is 118 Å². The van der Waals surface area contributed by atoms with Crippen LogP contribution in [0.3, 0.4) is 0 Å². The Morgan fingerprint density at radius 2 is 2.00 bits per heavy atom. The largest absolute Gasteiger partial charge is 0.478 e. The third kappa shape index (κ3) is 3.36. The molecular weight excluding hydrogens is 256 g/mol. The minimum absolute atomic E-state index is 0.0864. The van der Waals surface area contributed by atoms with Crippen LogP contribution in [0.4, 0.5) is 0 Å². The van der Waals surface area contributed by atoms with Crippen molar-refractivity contribution in [3.8, 4) is 0 Å². The summed E-state index contributed by atoms with van der Waals surface area (Å²) in [5, 5.41) is 8.85. The summed E-state index contributed by atoms with van der Waals surface area (Å²) in [6.45, 7) is 2.30. The van der Waals surface area contributed by atoms with Gasteiger partial charge in [0.25, 0.3) is 0 Å². The van der Waals surface area contributed by atoms with Gasteiger partial charge in [0.2, 0.25) is 5.91 Å². The molecule has 108 valence electrons. The summed E-state index contributed by atoms with van der Waals surface area (Å²) in [4.78, 5) is 26.9. The Morgan fingerprint density at radius 3 is 2.50 bits per heavy atom. The first-order valence-corrected chi connectivity index (χ1v) is 6.73. The molecule has 0 bridgehead atoms. The SMILES string of the molecule is CN1CCC(C(=O)N(C)Cc2ccc(C(=O)O)cc2)C1. The smallest absolute Gasteiger partial charge is 0.335 e. The fourth-order valence-electron chi connectivity index (χ4n) is 2.55. The summed E-state index contributed by atoms with van der Waals surface area (Å²) in [7, 11) is 3.82. The fraction of sp³-hybridized carbons (Fsp3) is 0.467. The highest BCUT2D eigenvalue weighted by atomic mass is 16.4. The third-order valence-electron chi connectivity index (χ3n) is 3.74. The van der Waals surface area contributed by atoms with Crippen molar-refractivity contribution in [2.24, 2.45) is 5.92 Å². The molecule has 0 aliphatic carbocycles. The molecule has 1 aliphatic heterocycles. The van der Waals surface area contributed by atoms with Crippen LogP contribution in [0.5, 0.6) is 0 Å². The van der Waals surface area contributed by atoms with Crippen molar-refractivity contribution in [2.45, 2.75) is 13.0 Å². The summed E-state index contributed by atoms with van der Waals surface area (Å²) < 4.78 is 0. The van der Waals surface area contributed by atoms with Crippen LogP contribution in [-0.4, -0.2) is 54.0 Å². The van der Waals surface area contributed by atoms with Crippen molar-refractivity contribution in [2.75, 3.05) is 27.2 Å². The predicted molar refractivity (Wildman–Crippen MR) is 75.5 cm³/mol. The minimum Gasteiger partial charge on any atom is -0.478 e. The van der Waals surface area contributed by atoms with Crippen LogP contribution in [0.25, 0.3) is 0 Å². The summed E-state index contributed by atoms with van der Waals surface area (Å²) in [6, 6.07) is 6.65. The van der Waals surface area contributed by atoms with E-state index in [-0.39, 0.29) is 17.4 Å². The van der Waals surface area contributed by atoms with E-state index in [2.05, 4.69) is 4.90 Å². The molecule has 1 atom stereocenters. The van der Waals surface area contributed by atoms with Crippen molar-refractivity contribution in [1.82, 2.24) is 9.80 Å². The summed E-state index contributed by atoms with van der Waals surface area (Å²) in [5.74, 6) is -0.685. The first-order chi connectivity index (χ1) is 9.47. The maximum absolute atomic E-state index is 12.3. The third-order valence-corrected chi connectivity index (χ3v) is 3.74. The van der Waals surface area contributed by atoms with E-state index in [1.54, 1.807) is 36.2 Å². The monoisotopic (exact) mass is 276 g/mol. The van der Waals surface area contributed by atoms with Crippen LogP contribution in [0.2, 0.25) is 0 Å². The molecule has 1 heterocycles. The van der Waals surface area contributed by atoms with Crippen LogP contribution in [0.1, 0.15) is 22.3 Å². The predicted octanol–water partition coefficient (Wildman–Crippen LogP) is 1.29. The molecule has 0 saturated carbocycles. The molecular formula is C15H20N2O3. The second kappa shape index (κ2) is 6.05. The Kier molecular flexibility index (Phi) is 4.39. The highest BCUT2D eigenvalue weighted by Crippen LogP contribution is 2.18. The van der Waals surface area contributed by atoms with Crippen LogP contribution in [-0.2, 0) is 11.3 Å². The van der Waals surface area contributed by atoms with Crippen molar-refractivity contribution in [3.05, 3.63) is 35.4 Å². The van der Waals surface area contributed by atoms with Crippen molar-refractivity contribution < 1.29 is 14.7 Å². The van der Waals surface area contributed by atoms with Gasteiger partial charge in [-0.2, -0.15) is 0 Å². The van der Waals surface area contributed by atoms with Gasteiger partial charge in [-0.1, -0.05) is 12.1 Å². The van der Waals surface area contributed by atoms with Gasteiger partial charge in [0.05, 0.1) is 11.5 Å². The summed E-state index contributed by atoms with van der Waals surface area (Å²) >= 11 is 0. The summed E-state index contributed by atoms with van der Waals surface area (Å²) in [5.41, 5.74) is 1.21. The van der Waals surface area contributed by atoms with E-state index in [0.717, 1.165) is 25.1 Å². The Bertz CT molecular complexity index is 498. The Hall–Kier alpha value is -1.88. The Balaban J connectivity index is 1.95. The van der Waals surface area contributed by atoms with Gasteiger partial charge in [-0.25, -0.2) is 4.79 Å². The van der Waals surface area contributed by atoms with E-state index < -0.39 is 5.97 Å². The van der Waals surface area contributed by atoms with Gasteiger partial charge in [-0.05, 0) is 37.7 Å². The second-order valence-electron chi connectivity index (χ2n) is 5.44. The molecule has 5 nitrogen and oxygen atoms in total. The number of amides is 1. The number of carboxylic acid groups (broad SMARTS) is 1. The molecule has 0 spiro atoms. The summed E-state index contributed by atoms with van der Waals surface area (Å²) in [6.07, 6.45) is 0.914. The molecule has 1 aliphatic rings. The molecule has 2 rings (SSSR count). The normalized spacial score (nSPS) is 19.0. The van der Waals surface area contributed by atoms with Gasteiger partial charge in [0.15, 0.2) is 0 Å². The average molecular weight is 276 g/mol. The quantitative estimate of drug-likeness (QED) is 0.900. The van der Waals surface area contributed by atoms with E-state index in [0.29, 0.717) is 6.54 Å². The van der Waals surface area contributed by atoms with Crippen molar-refractivity contribution >= 4 is 11.9 Å². The maximum Gasteiger partial charge on any atom is 0.335 e. The Morgan fingerprint density at radius 1 is 1.35 bits per heavy atom. The number of aromatic carboxylic acids is 1. The van der Waals surface area contributed by atoms with Gasteiger partial charge >= 0.3 is 5.97 Å². The van der Waals surface area contributed by atoms with Gasteiger partial charge in [0.1, 0.15) is 0 Å². The number of likely N-dealkylation sites (tertiary alicyclic amines) is 1. The van der Waals surface area contributed by atoms with Gasteiger partial charge in [-0.15, -0.1) is 0 Å². The molecule has 1 fully saturated rings.